The highest BCUT2D eigenvalue weighted by atomic mass is 32.2. The van der Waals surface area contributed by atoms with Crippen molar-refractivity contribution in [3.8, 4) is 5.75 Å². The topological polar surface area (TPSA) is 80.0 Å². The summed E-state index contributed by atoms with van der Waals surface area (Å²) in [6.07, 6.45) is 3.39. The van der Waals surface area contributed by atoms with Gasteiger partial charge in [0, 0.05) is 30.9 Å². The number of hydrogen-bond donors (Lipinski definition) is 0. The standard InChI is InChI=1S/C21H27N5O3S/c1-15-12-20-22-13-16(14-24(2)3)21(26(20)23-15)19-6-5-11-25(19)30(27,28)18-9-7-17(29-4)8-10-18/h7-10,12-13,19H,5-6,11,14H2,1-4H3/t19-/m1/s1. The smallest absolute Gasteiger partial charge is 0.243 e. The van der Waals surface area contributed by atoms with E-state index in [2.05, 4.69) is 15.0 Å². The number of fused-ring (bicyclic) bond motifs is 1. The third-order valence-electron chi connectivity index (χ3n) is 5.39. The van der Waals surface area contributed by atoms with Crippen LogP contribution in [0.5, 0.6) is 5.75 Å². The quantitative estimate of drug-likeness (QED) is 0.599. The van der Waals surface area contributed by atoms with Crippen LogP contribution >= 0.6 is 0 Å². The molecule has 160 valence electrons. The highest BCUT2D eigenvalue weighted by molar-refractivity contribution is 7.89. The van der Waals surface area contributed by atoms with E-state index >= 15 is 0 Å². The van der Waals surface area contributed by atoms with E-state index < -0.39 is 10.0 Å². The summed E-state index contributed by atoms with van der Waals surface area (Å²) in [5, 5.41) is 4.64. The fraction of sp³-hybridized carbons (Fsp3) is 0.429. The number of ether oxygens (including phenoxy) is 1. The molecule has 1 fully saturated rings. The Bertz CT molecular complexity index is 1160. The van der Waals surface area contributed by atoms with E-state index in [0.717, 1.165) is 35.4 Å². The molecular formula is C21H27N5O3S. The number of methoxy groups -OCH3 is 1. The Balaban J connectivity index is 1.82. The summed E-state index contributed by atoms with van der Waals surface area (Å²) in [7, 11) is 1.87. The Morgan fingerprint density at radius 3 is 2.63 bits per heavy atom. The zero-order valence-electron chi connectivity index (χ0n) is 17.7. The van der Waals surface area contributed by atoms with Gasteiger partial charge in [0.15, 0.2) is 5.65 Å². The Morgan fingerprint density at radius 2 is 1.97 bits per heavy atom. The van der Waals surface area contributed by atoms with Crippen LogP contribution in [-0.2, 0) is 16.6 Å². The highest BCUT2D eigenvalue weighted by Gasteiger charge is 2.39. The van der Waals surface area contributed by atoms with Crippen molar-refractivity contribution in [2.24, 2.45) is 0 Å². The van der Waals surface area contributed by atoms with E-state index in [-0.39, 0.29) is 10.9 Å². The maximum atomic E-state index is 13.5. The monoisotopic (exact) mass is 429 g/mol. The molecule has 0 aliphatic carbocycles. The maximum absolute atomic E-state index is 13.5. The van der Waals surface area contributed by atoms with Gasteiger partial charge in [-0.3, -0.25) is 0 Å². The van der Waals surface area contributed by atoms with Gasteiger partial charge < -0.3 is 9.64 Å². The number of aryl methyl sites for hydroxylation is 1. The minimum Gasteiger partial charge on any atom is -0.497 e. The van der Waals surface area contributed by atoms with Gasteiger partial charge in [0.25, 0.3) is 0 Å². The summed E-state index contributed by atoms with van der Waals surface area (Å²) >= 11 is 0. The van der Waals surface area contributed by atoms with E-state index in [9.17, 15) is 8.42 Å². The van der Waals surface area contributed by atoms with Crippen molar-refractivity contribution in [2.45, 2.75) is 37.2 Å². The van der Waals surface area contributed by atoms with Crippen LogP contribution < -0.4 is 4.74 Å². The Hall–Kier alpha value is -2.49. The zero-order chi connectivity index (χ0) is 21.5. The average Bonchev–Trinajstić information content (AvgIpc) is 3.34. The summed E-state index contributed by atoms with van der Waals surface area (Å²) in [4.78, 5) is 6.87. The molecule has 9 heteroatoms. The van der Waals surface area contributed by atoms with Gasteiger partial charge in [-0.25, -0.2) is 17.9 Å². The molecule has 2 aromatic heterocycles. The summed E-state index contributed by atoms with van der Waals surface area (Å²) in [6, 6.07) is 8.18. The van der Waals surface area contributed by atoms with Gasteiger partial charge in [-0.2, -0.15) is 9.40 Å². The fourth-order valence-electron chi connectivity index (χ4n) is 4.10. The molecule has 0 radical (unpaired) electrons. The third-order valence-corrected chi connectivity index (χ3v) is 7.32. The van der Waals surface area contributed by atoms with Gasteiger partial charge in [-0.1, -0.05) is 0 Å². The van der Waals surface area contributed by atoms with Crippen LogP contribution in [0.1, 0.15) is 35.8 Å². The van der Waals surface area contributed by atoms with E-state index in [1.54, 1.807) is 35.7 Å². The predicted octanol–water partition coefficient (Wildman–Crippen LogP) is 2.63. The van der Waals surface area contributed by atoms with Gasteiger partial charge >= 0.3 is 0 Å². The van der Waals surface area contributed by atoms with E-state index in [1.165, 1.54) is 0 Å². The number of benzene rings is 1. The molecule has 1 saturated heterocycles. The van der Waals surface area contributed by atoms with Crippen LogP contribution in [0.25, 0.3) is 5.65 Å². The molecule has 0 N–H and O–H groups in total. The predicted molar refractivity (Wildman–Crippen MR) is 114 cm³/mol. The lowest BCUT2D eigenvalue weighted by Crippen LogP contribution is -2.33. The first-order valence-corrected chi connectivity index (χ1v) is 11.4. The lowest BCUT2D eigenvalue weighted by atomic mass is 10.1. The molecule has 1 aliphatic heterocycles. The van der Waals surface area contributed by atoms with Crippen LogP contribution in [0.3, 0.4) is 0 Å². The Labute approximate surface area is 177 Å². The Morgan fingerprint density at radius 1 is 1.23 bits per heavy atom. The number of hydrogen-bond acceptors (Lipinski definition) is 6. The fourth-order valence-corrected chi connectivity index (χ4v) is 5.76. The number of rotatable bonds is 6. The van der Waals surface area contributed by atoms with E-state index in [0.29, 0.717) is 18.8 Å². The first-order chi connectivity index (χ1) is 14.3. The van der Waals surface area contributed by atoms with Crippen molar-refractivity contribution in [3.63, 3.8) is 0 Å². The lowest BCUT2D eigenvalue weighted by molar-refractivity contribution is 0.366. The first-order valence-electron chi connectivity index (χ1n) is 9.96. The van der Waals surface area contributed by atoms with Crippen molar-refractivity contribution in [2.75, 3.05) is 27.7 Å². The molecule has 0 bridgehead atoms. The number of sulfonamides is 1. The summed E-state index contributed by atoms with van der Waals surface area (Å²) < 4.78 is 35.6. The molecule has 8 nitrogen and oxygen atoms in total. The van der Waals surface area contributed by atoms with E-state index in [1.807, 2.05) is 37.8 Å². The van der Waals surface area contributed by atoms with Gasteiger partial charge in [0.05, 0.1) is 29.4 Å². The van der Waals surface area contributed by atoms with Crippen LogP contribution in [0, 0.1) is 6.92 Å². The molecule has 3 aromatic rings. The number of nitrogens with zero attached hydrogens (tertiary/aromatic N) is 5. The van der Waals surface area contributed by atoms with Gasteiger partial charge in [0.1, 0.15) is 5.75 Å². The minimum absolute atomic E-state index is 0.270. The second kappa shape index (κ2) is 7.98. The second-order valence-corrected chi connectivity index (χ2v) is 9.80. The van der Waals surface area contributed by atoms with Crippen molar-refractivity contribution in [3.05, 3.63) is 53.5 Å². The lowest BCUT2D eigenvalue weighted by Gasteiger charge is -2.27. The van der Waals surface area contributed by atoms with Crippen LogP contribution in [-0.4, -0.2) is 60.0 Å². The Kier molecular flexibility index (Phi) is 5.52. The summed E-state index contributed by atoms with van der Waals surface area (Å²) in [6.45, 7) is 3.05. The van der Waals surface area contributed by atoms with Crippen LogP contribution in [0.15, 0.2) is 41.4 Å². The van der Waals surface area contributed by atoms with Crippen LogP contribution in [0.2, 0.25) is 0 Å². The second-order valence-electron chi connectivity index (χ2n) is 7.91. The molecular weight excluding hydrogens is 402 g/mol. The first kappa shape index (κ1) is 20.8. The molecule has 0 amide bonds. The molecule has 3 heterocycles. The van der Waals surface area contributed by atoms with Crippen molar-refractivity contribution in [1.82, 2.24) is 23.8 Å². The van der Waals surface area contributed by atoms with Crippen molar-refractivity contribution < 1.29 is 13.2 Å². The zero-order valence-corrected chi connectivity index (χ0v) is 18.6. The maximum Gasteiger partial charge on any atom is 0.243 e. The van der Waals surface area contributed by atoms with Gasteiger partial charge in [-0.05, 0) is 58.1 Å². The molecule has 1 aromatic carbocycles. The largest absolute Gasteiger partial charge is 0.497 e. The normalized spacial score (nSPS) is 17.8. The molecule has 30 heavy (non-hydrogen) atoms. The highest BCUT2D eigenvalue weighted by Crippen LogP contribution is 2.38. The summed E-state index contributed by atoms with van der Waals surface area (Å²) in [5.74, 6) is 0.628. The van der Waals surface area contributed by atoms with Crippen LogP contribution in [0.4, 0.5) is 0 Å². The molecule has 1 aliphatic rings. The number of aromatic nitrogens is 3. The molecule has 4 rings (SSSR count). The molecule has 1 atom stereocenters. The third kappa shape index (κ3) is 3.68. The van der Waals surface area contributed by atoms with Crippen molar-refractivity contribution in [1.29, 1.82) is 0 Å². The molecule has 0 spiro atoms. The van der Waals surface area contributed by atoms with Gasteiger partial charge in [-0.15, -0.1) is 0 Å². The summed E-state index contributed by atoms with van der Waals surface area (Å²) in [5.41, 5.74) is 3.47. The van der Waals surface area contributed by atoms with Crippen molar-refractivity contribution >= 4 is 15.7 Å². The average molecular weight is 430 g/mol. The van der Waals surface area contributed by atoms with E-state index in [4.69, 9.17) is 4.74 Å². The minimum atomic E-state index is -3.67. The molecule has 0 unspecified atom stereocenters. The molecule has 0 saturated carbocycles. The SMILES string of the molecule is COc1ccc(S(=O)(=O)N2CCC[C@@H]2c2c(CN(C)C)cnc3cc(C)nn23)cc1. The van der Waals surface area contributed by atoms with Gasteiger partial charge in [0.2, 0.25) is 10.0 Å².